The molecule has 73 heavy (non-hydrogen) atoms. The molecule has 2 aliphatic heterocycles. The zero-order chi connectivity index (χ0) is 48.7. The van der Waals surface area contributed by atoms with E-state index >= 15 is 0 Å². The molecule has 350 valence electrons. The number of nitrogens with zero attached hydrogens (tertiary/aromatic N) is 2. The number of carboxylic acids is 1. The van der Waals surface area contributed by atoms with E-state index in [9.17, 15) is 48.8 Å². The standard InChI is InChI=1S/C51H42N4O11S3.4Na/c56-47(57)6-4-2-1-3-5-31-7-9-32(10-8-31)48-39-23-25-41(52-39)49(33-11-17-36(18-12-33)67(58,59)60)43-27-29-45(54-43)51(35-15-21-38(22-16-35)69(64,65)66)46-30-28-44(55-46)50(42-26-24-40(48)53-42)34-13-19-37(20-14-34)68(61,62)63;;;;/h7-30,52,55H,1-6H2,(H,56,57)(H,58,59,60)(H,61,62,63)(H,64,65,66);;;;/q;4*+1/p-4. The number of hydrogen-bond donors (Lipinski definition) is 2. The molecule has 0 radical (unpaired) electrons. The van der Waals surface area contributed by atoms with Crippen LogP contribution < -0.4 is 123 Å². The Morgan fingerprint density at radius 3 is 0.945 bits per heavy atom. The fraction of sp³-hybridized carbons (Fsp3) is 0.118. The van der Waals surface area contributed by atoms with Gasteiger partial charge in [-0.25, -0.2) is 35.2 Å². The molecule has 0 fully saturated rings. The van der Waals surface area contributed by atoms with Crippen molar-refractivity contribution in [1.29, 1.82) is 0 Å². The van der Waals surface area contributed by atoms with E-state index in [2.05, 4.69) is 9.97 Å². The van der Waals surface area contributed by atoms with Crippen LogP contribution in [0.4, 0.5) is 0 Å². The van der Waals surface area contributed by atoms with Crippen LogP contribution in [0, 0.1) is 0 Å². The van der Waals surface area contributed by atoms with Crippen LogP contribution in [0.1, 0.15) is 60.4 Å². The average Bonchev–Trinajstić information content (AvgIpc) is 4.16. The molecule has 0 amide bonds. The molecule has 15 nitrogen and oxygen atoms in total. The topological polar surface area (TPSA) is 269 Å². The van der Waals surface area contributed by atoms with Crippen molar-refractivity contribution < 1.29 is 167 Å². The van der Waals surface area contributed by atoms with Crippen LogP contribution in [-0.4, -0.2) is 64.8 Å². The van der Waals surface area contributed by atoms with Gasteiger partial charge in [-0.1, -0.05) is 73.5 Å². The molecular weight excluding hydrogens is 1030 g/mol. The number of carbonyl (C=O) groups excluding carboxylic acids is 1. The molecule has 8 bridgehead atoms. The van der Waals surface area contributed by atoms with Crippen molar-refractivity contribution in [2.24, 2.45) is 0 Å². The van der Waals surface area contributed by atoms with Gasteiger partial charge in [-0.05, 0) is 138 Å². The van der Waals surface area contributed by atoms with Crippen molar-refractivity contribution in [2.75, 3.05) is 0 Å². The molecule has 2 aliphatic rings. The monoisotopic (exact) mass is 1070 g/mol. The molecule has 0 atom stereocenters. The average molecular weight is 1070 g/mol. The predicted octanol–water partition coefficient (Wildman–Crippen LogP) is -3.71. The molecule has 0 saturated carbocycles. The van der Waals surface area contributed by atoms with Crippen LogP contribution in [0.3, 0.4) is 0 Å². The summed E-state index contributed by atoms with van der Waals surface area (Å²) >= 11 is 0. The van der Waals surface area contributed by atoms with Crippen LogP contribution in [0.15, 0.2) is 136 Å². The third kappa shape index (κ3) is 14.0. The minimum atomic E-state index is -4.79. The number of aromatic amines is 2. The summed E-state index contributed by atoms with van der Waals surface area (Å²) in [6, 6.07) is 31.7. The molecule has 0 spiro atoms. The predicted molar refractivity (Wildman–Crippen MR) is 256 cm³/mol. The maximum Gasteiger partial charge on any atom is 1.00 e. The molecule has 2 N–H and O–H groups in total. The maximum absolute atomic E-state index is 12.0. The number of H-pyrrole nitrogens is 2. The van der Waals surface area contributed by atoms with E-state index in [-0.39, 0.29) is 125 Å². The molecule has 5 heterocycles. The molecule has 4 aromatic carbocycles. The quantitative estimate of drug-likeness (QED) is 0.0604. The van der Waals surface area contributed by atoms with Gasteiger partial charge in [-0.3, -0.25) is 0 Å². The van der Waals surface area contributed by atoms with E-state index in [0.29, 0.717) is 90.2 Å². The molecule has 0 saturated heterocycles. The Morgan fingerprint density at radius 1 is 0.397 bits per heavy atom. The van der Waals surface area contributed by atoms with Gasteiger partial charge in [0.15, 0.2) is 0 Å². The van der Waals surface area contributed by atoms with E-state index < -0.39 is 51.0 Å². The Balaban J connectivity index is 0.00000247. The van der Waals surface area contributed by atoms with Gasteiger partial charge in [0, 0.05) is 50.3 Å². The van der Waals surface area contributed by atoms with Crippen molar-refractivity contribution in [3.63, 3.8) is 0 Å². The second kappa shape index (κ2) is 25.2. The number of unbranched alkanes of at least 4 members (excludes halogenated alkanes) is 3. The van der Waals surface area contributed by atoms with E-state index in [4.69, 9.17) is 9.97 Å². The third-order valence-corrected chi connectivity index (χ3v) is 14.4. The number of carbonyl (C=O) groups is 1. The Labute approximate surface area is 510 Å². The normalized spacial score (nSPS) is 12.0. The first-order valence-corrected chi connectivity index (χ1v) is 25.8. The zero-order valence-electron chi connectivity index (χ0n) is 40.2. The summed E-state index contributed by atoms with van der Waals surface area (Å²) in [4.78, 5) is 26.9. The second-order valence-electron chi connectivity index (χ2n) is 16.4. The Hall–Kier alpha value is -3.32. The smallest absolute Gasteiger partial charge is 0.744 e. The molecule has 22 heteroatoms. The van der Waals surface area contributed by atoms with Gasteiger partial charge < -0.3 is 33.5 Å². The number of nitrogens with one attached hydrogen (secondary N) is 2. The van der Waals surface area contributed by atoms with Crippen molar-refractivity contribution in [2.45, 2.75) is 53.2 Å². The van der Waals surface area contributed by atoms with Gasteiger partial charge in [0.2, 0.25) is 0 Å². The van der Waals surface area contributed by atoms with E-state index in [1.807, 2.05) is 48.6 Å². The summed E-state index contributed by atoms with van der Waals surface area (Å²) in [5, 5.41) is 10.8. The summed E-state index contributed by atoms with van der Waals surface area (Å²) in [5.74, 6) is -1.05. The SMILES string of the molecule is O=C([O-])CCCCCCc1ccc(-c2c3nc(c(-c4ccc(S(=O)(=O)[O-])cc4)c4ccc([nH]4)c(-c4ccc(S(=O)(=O)[O-])cc4)c4nc(c(-c5ccc(S(=O)(=O)[O-])cc5)c5ccc2[nH]5)C=C4)C=C3)cc1.[Na+].[Na+].[Na+].[Na+]. The maximum atomic E-state index is 12.0. The first-order chi connectivity index (χ1) is 32.9. The number of aryl methyl sites for hydroxylation is 1. The Morgan fingerprint density at radius 2 is 0.671 bits per heavy atom. The molecule has 9 rings (SSSR count). The van der Waals surface area contributed by atoms with Gasteiger partial charge >= 0.3 is 118 Å². The van der Waals surface area contributed by atoms with E-state index in [1.54, 1.807) is 24.3 Å². The van der Waals surface area contributed by atoms with E-state index in [1.165, 1.54) is 72.8 Å². The minimum Gasteiger partial charge on any atom is -0.744 e. The first kappa shape index (κ1) is 60.5. The van der Waals surface area contributed by atoms with Crippen LogP contribution in [0.25, 0.3) is 90.9 Å². The Kier molecular flexibility index (Phi) is 20.9. The zero-order valence-corrected chi connectivity index (χ0v) is 50.7. The molecule has 3 aromatic heterocycles. The molecular formula is C51H38N4Na4O11S3. The van der Waals surface area contributed by atoms with Crippen LogP contribution in [0.5, 0.6) is 0 Å². The van der Waals surface area contributed by atoms with Crippen molar-refractivity contribution in [3.8, 4) is 44.5 Å². The number of benzene rings is 4. The van der Waals surface area contributed by atoms with Crippen LogP contribution in [0.2, 0.25) is 0 Å². The van der Waals surface area contributed by atoms with Crippen molar-refractivity contribution in [1.82, 2.24) is 19.9 Å². The fourth-order valence-electron chi connectivity index (χ4n) is 8.58. The Bertz CT molecular complexity index is 3700. The van der Waals surface area contributed by atoms with Gasteiger partial charge in [-0.2, -0.15) is 0 Å². The number of hydrogen-bond acceptors (Lipinski definition) is 13. The summed E-state index contributed by atoms with van der Waals surface area (Å²) in [6.45, 7) is 0. The number of fused-ring (bicyclic) bond motifs is 8. The van der Waals surface area contributed by atoms with Crippen LogP contribution in [-0.2, 0) is 41.6 Å². The third-order valence-electron chi connectivity index (χ3n) is 11.9. The van der Waals surface area contributed by atoms with Gasteiger partial charge in [0.1, 0.15) is 30.4 Å². The molecule has 7 aromatic rings. The number of aliphatic carboxylic acids is 1. The summed E-state index contributed by atoms with van der Waals surface area (Å²) in [5.41, 5.74) is 9.78. The molecule has 0 unspecified atom stereocenters. The number of aromatic nitrogens is 4. The van der Waals surface area contributed by atoms with Crippen molar-refractivity contribution in [3.05, 3.63) is 150 Å². The number of rotatable bonds is 14. The summed E-state index contributed by atoms with van der Waals surface area (Å²) in [6.07, 6.45) is 11.1. The summed E-state index contributed by atoms with van der Waals surface area (Å²) in [7, 11) is -14.3. The van der Waals surface area contributed by atoms with Crippen molar-refractivity contribution >= 4 is 82.7 Å². The van der Waals surface area contributed by atoms with E-state index in [0.717, 1.165) is 36.8 Å². The van der Waals surface area contributed by atoms with Gasteiger partial charge in [-0.15, -0.1) is 0 Å². The number of carboxylic acid groups (broad SMARTS) is 1. The first-order valence-electron chi connectivity index (χ1n) is 21.6. The summed E-state index contributed by atoms with van der Waals surface area (Å²) < 4.78 is 108. The van der Waals surface area contributed by atoms with Crippen LogP contribution >= 0.6 is 0 Å². The van der Waals surface area contributed by atoms with Gasteiger partial charge in [0.25, 0.3) is 0 Å². The molecule has 0 aliphatic carbocycles. The second-order valence-corrected chi connectivity index (χ2v) is 20.6. The largest absolute Gasteiger partial charge is 1.00 e. The minimum absolute atomic E-state index is 0. The fourth-order valence-corrected chi connectivity index (χ4v) is 9.98. The van der Waals surface area contributed by atoms with Gasteiger partial charge in [0.05, 0.1) is 37.5 Å².